The molecule has 1 atom stereocenters. The minimum atomic E-state index is -0.892. The summed E-state index contributed by atoms with van der Waals surface area (Å²) in [5.74, 6) is -0.927. The lowest BCUT2D eigenvalue weighted by Gasteiger charge is -2.13. The molecule has 0 saturated carbocycles. The number of pyridine rings is 1. The largest absolute Gasteiger partial charge is 0.449 e. The summed E-state index contributed by atoms with van der Waals surface area (Å²) in [5.41, 5.74) is 0.997. The first kappa shape index (κ1) is 18.1. The molecule has 0 aliphatic heterocycles. The van der Waals surface area contributed by atoms with Crippen LogP contribution in [0.2, 0.25) is 0 Å². The summed E-state index contributed by atoms with van der Waals surface area (Å²) in [6, 6.07) is 5.69. The molecule has 0 aliphatic carbocycles. The van der Waals surface area contributed by atoms with E-state index in [9.17, 15) is 9.59 Å². The van der Waals surface area contributed by atoms with Crippen LogP contribution in [0.5, 0.6) is 0 Å². The van der Waals surface area contributed by atoms with E-state index < -0.39 is 12.1 Å². The van der Waals surface area contributed by atoms with Crippen LogP contribution in [0.3, 0.4) is 0 Å². The van der Waals surface area contributed by atoms with Gasteiger partial charge in [0, 0.05) is 22.5 Å². The van der Waals surface area contributed by atoms with Crippen LogP contribution in [0, 0.1) is 0 Å². The Morgan fingerprint density at radius 1 is 1.31 bits per heavy atom. The first-order chi connectivity index (χ1) is 12.5. The molecule has 1 unspecified atom stereocenters. The highest BCUT2D eigenvalue weighted by Gasteiger charge is 2.20. The van der Waals surface area contributed by atoms with Crippen molar-refractivity contribution in [2.24, 2.45) is 0 Å². The highest BCUT2D eigenvalue weighted by atomic mass is 32.1. The highest BCUT2D eigenvalue weighted by molar-refractivity contribution is 7.09. The van der Waals surface area contributed by atoms with E-state index in [1.54, 1.807) is 35.2 Å². The van der Waals surface area contributed by atoms with E-state index in [1.165, 1.54) is 6.20 Å². The predicted octanol–water partition coefficient (Wildman–Crippen LogP) is 2.94. The number of nitrogens with one attached hydrogen (secondary N) is 1. The van der Waals surface area contributed by atoms with Crippen LogP contribution >= 0.6 is 11.3 Å². The Morgan fingerprint density at radius 3 is 2.81 bits per heavy atom. The second-order valence-electron chi connectivity index (χ2n) is 6.16. The number of carbonyl (C=O) groups is 2. The number of ether oxygens (including phenoxy) is 1. The molecule has 0 radical (unpaired) electrons. The van der Waals surface area contributed by atoms with E-state index >= 15 is 0 Å². The van der Waals surface area contributed by atoms with Crippen molar-refractivity contribution in [2.45, 2.75) is 39.5 Å². The molecule has 7 nitrogen and oxygen atoms in total. The molecular weight excluding hydrogens is 352 g/mol. The summed E-state index contributed by atoms with van der Waals surface area (Å²) in [5, 5.41) is 9.72. The molecule has 0 spiro atoms. The van der Waals surface area contributed by atoms with Crippen LogP contribution in [-0.4, -0.2) is 32.7 Å². The van der Waals surface area contributed by atoms with Gasteiger partial charge in [0.25, 0.3) is 5.91 Å². The number of carbonyl (C=O) groups excluding carboxylic acids is 2. The van der Waals surface area contributed by atoms with E-state index in [0.717, 1.165) is 10.3 Å². The number of rotatable bonds is 6. The Balaban J connectivity index is 1.63. The lowest BCUT2D eigenvalue weighted by atomic mass is 10.2. The van der Waals surface area contributed by atoms with Crippen molar-refractivity contribution in [1.29, 1.82) is 0 Å². The van der Waals surface area contributed by atoms with Gasteiger partial charge in [0.15, 0.2) is 11.8 Å². The predicted molar refractivity (Wildman–Crippen MR) is 99.0 cm³/mol. The minimum absolute atomic E-state index is 0.171. The molecule has 0 fully saturated rings. The van der Waals surface area contributed by atoms with Crippen molar-refractivity contribution < 1.29 is 14.3 Å². The maximum atomic E-state index is 12.3. The van der Waals surface area contributed by atoms with Gasteiger partial charge in [0.2, 0.25) is 0 Å². The Hall–Kier alpha value is -2.74. The van der Waals surface area contributed by atoms with Gasteiger partial charge in [-0.15, -0.1) is 11.3 Å². The average molecular weight is 372 g/mol. The van der Waals surface area contributed by atoms with Crippen molar-refractivity contribution >= 4 is 34.2 Å². The Morgan fingerprint density at radius 2 is 2.12 bits per heavy atom. The fourth-order valence-electron chi connectivity index (χ4n) is 2.44. The molecule has 0 aliphatic rings. The van der Waals surface area contributed by atoms with Crippen molar-refractivity contribution in [1.82, 2.24) is 20.1 Å². The maximum Gasteiger partial charge on any atom is 0.340 e. The zero-order chi connectivity index (χ0) is 18.7. The third-order valence-corrected chi connectivity index (χ3v) is 4.70. The second-order valence-corrected chi connectivity index (χ2v) is 7.20. The summed E-state index contributed by atoms with van der Waals surface area (Å²) in [7, 11) is 0. The third-order valence-electron chi connectivity index (χ3n) is 3.83. The maximum absolute atomic E-state index is 12.3. The molecule has 8 heteroatoms. The Bertz CT molecular complexity index is 918. The fourth-order valence-corrected chi connectivity index (χ4v) is 3.09. The summed E-state index contributed by atoms with van der Waals surface area (Å²) < 4.78 is 7.04. The molecule has 3 rings (SSSR count). The van der Waals surface area contributed by atoms with E-state index in [2.05, 4.69) is 15.4 Å². The minimum Gasteiger partial charge on any atom is -0.449 e. The molecule has 0 aromatic carbocycles. The van der Waals surface area contributed by atoms with Crippen LogP contribution in [0.15, 0.2) is 36.0 Å². The Kier molecular flexibility index (Phi) is 5.32. The fraction of sp³-hybridized carbons (Fsp3) is 0.333. The van der Waals surface area contributed by atoms with Crippen molar-refractivity contribution in [3.05, 3.63) is 46.4 Å². The van der Waals surface area contributed by atoms with Gasteiger partial charge in [-0.05, 0) is 38.3 Å². The van der Waals surface area contributed by atoms with Gasteiger partial charge >= 0.3 is 5.97 Å². The van der Waals surface area contributed by atoms with Gasteiger partial charge in [-0.1, -0.05) is 6.07 Å². The van der Waals surface area contributed by atoms with Crippen LogP contribution in [0.1, 0.15) is 42.0 Å². The number of nitrogens with zero attached hydrogens (tertiary/aromatic N) is 3. The molecule has 1 amide bonds. The summed E-state index contributed by atoms with van der Waals surface area (Å²) >= 11 is 1.55. The molecule has 0 saturated heterocycles. The van der Waals surface area contributed by atoms with Gasteiger partial charge < -0.3 is 10.1 Å². The van der Waals surface area contributed by atoms with Gasteiger partial charge in [-0.25, -0.2) is 14.5 Å². The first-order valence-electron chi connectivity index (χ1n) is 8.30. The molecule has 3 aromatic heterocycles. The quantitative estimate of drug-likeness (QED) is 0.672. The van der Waals surface area contributed by atoms with E-state index in [4.69, 9.17) is 4.74 Å². The average Bonchev–Trinajstić information content (AvgIpc) is 3.28. The summed E-state index contributed by atoms with van der Waals surface area (Å²) in [6.45, 7) is 5.98. The monoisotopic (exact) mass is 372 g/mol. The topological polar surface area (TPSA) is 86.1 Å². The van der Waals surface area contributed by atoms with Crippen LogP contribution in [-0.2, 0) is 16.1 Å². The number of amides is 1. The molecule has 26 heavy (non-hydrogen) atoms. The number of aromatic nitrogens is 3. The number of hydrogen-bond acceptors (Lipinski definition) is 6. The Labute approximate surface area is 155 Å². The highest BCUT2D eigenvalue weighted by Crippen LogP contribution is 2.17. The normalized spacial score (nSPS) is 12.3. The number of fused-ring (bicyclic) bond motifs is 1. The lowest BCUT2D eigenvalue weighted by molar-refractivity contribution is -0.129. The molecule has 0 bridgehead atoms. The van der Waals surface area contributed by atoms with Gasteiger partial charge in [0.1, 0.15) is 0 Å². The second kappa shape index (κ2) is 7.65. The van der Waals surface area contributed by atoms with Crippen LogP contribution in [0.25, 0.3) is 11.0 Å². The lowest BCUT2D eigenvalue weighted by Crippen LogP contribution is -2.35. The standard InChI is InChI=1S/C18H20N4O3S/c1-11(2)22-16-13(9-21-22)7-14(8-19-16)18(24)25-12(3)17(23)20-10-15-5-4-6-26-15/h4-9,11-12H,10H2,1-3H3,(H,20,23). The number of esters is 1. The van der Waals surface area contributed by atoms with Crippen LogP contribution in [0.4, 0.5) is 0 Å². The van der Waals surface area contributed by atoms with Crippen molar-refractivity contribution in [2.75, 3.05) is 0 Å². The molecule has 3 aromatic rings. The van der Waals surface area contributed by atoms with Crippen LogP contribution < -0.4 is 5.32 Å². The van der Waals surface area contributed by atoms with Crippen molar-refractivity contribution in [3.8, 4) is 0 Å². The van der Waals surface area contributed by atoms with Crippen molar-refractivity contribution in [3.63, 3.8) is 0 Å². The molecule has 136 valence electrons. The van der Waals surface area contributed by atoms with E-state index in [1.807, 2.05) is 31.4 Å². The summed E-state index contributed by atoms with van der Waals surface area (Å²) in [6.07, 6.45) is 2.22. The van der Waals surface area contributed by atoms with Gasteiger partial charge in [0.05, 0.1) is 18.3 Å². The summed E-state index contributed by atoms with van der Waals surface area (Å²) in [4.78, 5) is 29.7. The third kappa shape index (κ3) is 3.91. The van der Waals surface area contributed by atoms with E-state index in [-0.39, 0.29) is 11.9 Å². The molecule has 1 N–H and O–H groups in total. The van der Waals surface area contributed by atoms with Gasteiger partial charge in [-0.3, -0.25) is 4.79 Å². The molecular formula is C18H20N4O3S. The smallest absolute Gasteiger partial charge is 0.340 e. The zero-order valence-electron chi connectivity index (χ0n) is 14.8. The zero-order valence-corrected chi connectivity index (χ0v) is 15.6. The number of hydrogen-bond donors (Lipinski definition) is 1. The number of thiophene rings is 1. The first-order valence-corrected chi connectivity index (χ1v) is 9.18. The SMILES string of the molecule is CC(OC(=O)c1cnc2c(cnn2C(C)C)c1)C(=O)NCc1cccs1. The van der Waals surface area contributed by atoms with Gasteiger partial charge in [-0.2, -0.15) is 5.10 Å². The molecule has 3 heterocycles. The van der Waals surface area contributed by atoms with E-state index in [0.29, 0.717) is 17.8 Å².